The van der Waals surface area contributed by atoms with E-state index in [1.54, 1.807) is 0 Å². The normalized spacial score (nSPS) is 19.3. The van der Waals surface area contributed by atoms with Gasteiger partial charge in [-0.05, 0) is 67.0 Å². The van der Waals surface area contributed by atoms with E-state index in [1.807, 2.05) is 0 Å². The smallest absolute Gasteiger partial charge is 0.0648 e. The number of rotatable bonds is 4. The topological polar surface area (TPSA) is 21.1 Å². The Bertz CT molecular complexity index is 897. The van der Waals surface area contributed by atoms with Gasteiger partial charge in [-0.25, -0.2) is 4.68 Å². The monoisotopic (exact) mass is 343 g/mol. The molecule has 2 heterocycles. The molecule has 5 rings (SSSR count). The summed E-state index contributed by atoms with van der Waals surface area (Å²) < 4.78 is 2.15. The summed E-state index contributed by atoms with van der Waals surface area (Å²) in [5.74, 6) is 0.666. The van der Waals surface area contributed by atoms with Crippen molar-refractivity contribution in [2.75, 3.05) is 13.1 Å². The van der Waals surface area contributed by atoms with Crippen LogP contribution in [-0.4, -0.2) is 27.8 Å². The lowest BCUT2D eigenvalue weighted by atomic mass is 9.97. The highest BCUT2D eigenvalue weighted by atomic mass is 15.3. The van der Waals surface area contributed by atoms with E-state index in [1.165, 1.54) is 60.4 Å². The van der Waals surface area contributed by atoms with Crippen molar-refractivity contribution in [3.8, 4) is 5.69 Å². The van der Waals surface area contributed by atoms with Gasteiger partial charge in [-0.3, -0.25) is 4.90 Å². The van der Waals surface area contributed by atoms with Crippen LogP contribution in [0.5, 0.6) is 0 Å². The van der Waals surface area contributed by atoms with Crippen LogP contribution in [0.1, 0.15) is 41.1 Å². The molecule has 1 atom stereocenters. The molecule has 2 aliphatic rings. The molecule has 0 radical (unpaired) electrons. The van der Waals surface area contributed by atoms with E-state index in [0.29, 0.717) is 5.92 Å². The summed E-state index contributed by atoms with van der Waals surface area (Å²) in [5, 5.41) is 4.69. The zero-order valence-electron chi connectivity index (χ0n) is 15.1. The van der Waals surface area contributed by atoms with Crippen molar-refractivity contribution < 1.29 is 0 Å². The molecule has 1 aliphatic heterocycles. The van der Waals surface area contributed by atoms with Gasteiger partial charge in [-0.1, -0.05) is 42.5 Å². The molecule has 3 heteroatoms. The van der Waals surface area contributed by atoms with Crippen molar-refractivity contribution >= 4 is 0 Å². The molecule has 0 N–H and O–H groups in total. The minimum Gasteiger partial charge on any atom is -0.299 e. The molecular weight excluding hydrogens is 318 g/mol. The van der Waals surface area contributed by atoms with Crippen LogP contribution in [0.25, 0.3) is 5.69 Å². The van der Waals surface area contributed by atoms with E-state index >= 15 is 0 Å². The van der Waals surface area contributed by atoms with Gasteiger partial charge in [-0.15, -0.1) is 0 Å². The number of nitrogens with zero attached hydrogens (tertiary/aromatic N) is 3. The average molecular weight is 343 g/mol. The largest absolute Gasteiger partial charge is 0.299 e. The molecule has 132 valence electrons. The van der Waals surface area contributed by atoms with Crippen LogP contribution in [0.4, 0.5) is 0 Å². The minimum atomic E-state index is 0.666. The minimum absolute atomic E-state index is 0.666. The van der Waals surface area contributed by atoms with Crippen LogP contribution in [0.15, 0.2) is 60.8 Å². The van der Waals surface area contributed by atoms with E-state index in [9.17, 15) is 0 Å². The molecule has 1 aromatic heterocycles. The molecule has 1 unspecified atom stereocenters. The maximum absolute atomic E-state index is 4.69. The highest BCUT2D eigenvalue weighted by molar-refractivity contribution is 5.38. The predicted molar refractivity (Wildman–Crippen MR) is 105 cm³/mol. The molecule has 26 heavy (non-hydrogen) atoms. The molecule has 0 bridgehead atoms. The third kappa shape index (κ3) is 2.86. The Labute approximate surface area is 155 Å². The molecule has 3 nitrogen and oxygen atoms in total. The number of hydrogen-bond donors (Lipinski definition) is 0. The first-order chi connectivity index (χ1) is 12.9. The van der Waals surface area contributed by atoms with E-state index in [4.69, 9.17) is 0 Å². The summed E-state index contributed by atoms with van der Waals surface area (Å²) in [6, 6.07) is 19.4. The van der Waals surface area contributed by atoms with E-state index < -0.39 is 0 Å². The molecule has 3 aromatic rings. The maximum Gasteiger partial charge on any atom is 0.0648 e. The molecular formula is C23H25N3. The van der Waals surface area contributed by atoms with E-state index in [0.717, 1.165) is 13.0 Å². The van der Waals surface area contributed by atoms with Gasteiger partial charge in [0.25, 0.3) is 0 Å². The Kier molecular flexibility index (Phi) is 4.10. The molecule has 1 aliphatic carbocycles. The number of aromatic nitrogens is 2. The third-order valence-electron chi connectivity index (χ3n) is 6.07. The van der Waals surface area contributed by atoms with Gasteiger partial charge in [-0.2, -0.15) is 5.10 Å². The first-order valence-corrected chi connectivity index (χ1v) is 9.80. The van der Waals surface area contributed by atoms with Gasteiger partial charge in [0, 0.05) is 18.8 Å². The van der Waals surface area contributed by atoms with Gasteiger partial charge in [0.1, 0.15) is 0 Å². The Hall–Kier alpha value is -2.39. The van der Waals surface area contributed by atoms with E-state index in [-0.39, 0.29) is 0 Å². The van der Waals surface area contributed by atoms with Gasteiger partial charge in [0.15, 0.2) is 0 Å². The second-order valence-corrected chi connectivity index (χ2v) is 7.61. The fourth-order valence-corrected chi connectivity index (χ4v) is 4.62. The van der Waals surface area contributed by atoms with Crippen molar-refractivity contribution in [3.63, 3.8) is 0 Å². The van der Waals surface area contributed by atoms with Crippen LogP contribution >= 0.6 is 0 Å². The quantitative estimate of drug-likeness (QED) is 0.702. The maximum atomic E-state index is 4.69. The molecule has 2 aromatic carbocycles. The van der Waals surface area contributed by atoms with Crippen molar-refractivity contribution in [1.29, 1.82) is 0 Å². The third-order valence-corrected chi connectivity index (χ3v) is 6.07. The fourth-order valence-electron chi connectivity index (χ4n) is 4.62. The first kappa shape index (κ1) is 15.8. The van der Waals surface area contributed by atoms with Crippen molar-refractivity contribution in [2.45, 2.75) is 38.1 Å². The van der Waals surface area contributed by atoms with Crippen LogP contribution in [0.3, 0.4) is 0 Å². The molecule has 0 saturated carbocycles. The molecule has 0 amide bonds. The van der Waals surface area contributed by atoms with Crippen LogP contribution in [0, 0.1) is 0 Å². The molecule has 0 spiro atoms. The summed E-state index contributed by atoms with van der Waals surface area (Å²) in [5.41, 5.74) is 7.14. The second kappa shape index (κ2) is 6.73. The summed E-state index contributed by atoms with van der Waals surface area (Å²) >= 11 is 0. The van der Waals surface area contributed by atoms with Gasteiger partial charge >= 0.3 is 0 Å². The Morgan fingerprint density at radius 1 is 0.923 bits per heavy atom. The summed E-state index contributed by atoms with van der Waals surface area (Å²) in [6.07, 6.45) is 6.97. The predicted octanol–water partition coefficient (Wildman–Crippen LogP) is 4.35. The Morgan fingerprint density at radius 3 is 2.62 bits per heavy atom. The molecule has 0 fully saturated rings. The second-order valence-electron chi connectivity index (χ2n) is 7.61. The summed E-state index contributed by atoms with van der Waals surface area (Å²) in [7, 11) is 0. The van der Waals surface area contributed by atoms with Crippen molar-refractivity contribution in [2.24, 2.45) is 0 Å². The number of benzene rings is 2. The van der Waals surface area contributed by atoms with Gasteiger partial charge in [0.05, 0.1) is 11.9 Å². The first-order valence-electron chi connectivity index (χ1n) is 9.80. The Balaban J connectivity index is 1.26. The number of fused-ring (bicyclic) bond motifs is 2. The summed E-state index contributed by atoms with van der Waals surface area (Å²) in [4.78, 5) is 2.63. The van der Waals surface area contributed by atoms with Gasteiger partial charge < -0.3 is 0 Å². The lowest BCUT2D eigenvalue weighted by Crippen LogP contribution is -2.31. The Morgan fingerprint density at radius 2 is 1.73 bits per heavy atom. The number of hydrogen-bond acceptors (Lipinski definition) is 2. The standard InChI is InChI=1S/C23H25N3/c1-2-8-21(9-3-1)26-23-11-10-19(22(23)16-24-26)13-15-25-14-12-18-6-4-5-7-20(18)17-25/h1-9,16,19H,10-15,17H2. The number of para-hydroxylation sites is 1. The average Bonchev–Trinajstić information content (AvgIpc) is 3.29. The van der Waals surface area contributed by atoms with Gasteiger partial charge in [0.2, 0.25) is 0 Å². The fraction of sp³-hybridized carbons (Fsp3) is 0.348. The SMILES string of the molecule is c1ccc(-n2ncc3c2CCC3CCN2CCc3ccccc3C2)cc1. The van der Waals surface area contributed by atoms with Crippen molar-refractivity contribution in [1.82, 2.24) is 14.7 Å². The summed E-state index contributed by atoms with van der Waals surface area (Å²) in [6.45, 7) is 3.49. The van der Waals surface area contributed by atoms with E-state index in [2.05, 4.69) is 75.5 Å². The highest BCUT2D eigenvalue weighted by Crippen LogP contribution is 2.36. The lowest BCUT2D eigenvalue weighted by molar-refractivity contribution is 0.244. The zero-order chi connectivity index (χ0) is 17.3. The van der Waals surface area contributed by atoms with Crippen LogP contribution < -0.4 is 0 Å². The van der Waals surface area contributed by atoms with Crippen LogP contribution in [-0.2, 0) is 19.4 Å². The van der Waals surface area contributed by atoms with Crippen molar-refractivity contribution in [3.05, 3.63) is 83.2 Å². The highest BCUT2D eigenvalue weighted by Gasteiger charge is 2.27. The lowest BCUT2D eigenvalue weighted by Gasteiger charge is -2.29. The van der Waals surface area contributed by atoms with Crippen LogP contribution in [0.2, 0.25) is 0 Å². The molecule has 0 saturated heterocycles. The zero-order valence-corrected chi connectivity index (χ0v) is 15.1.